The highest BCUT2D eigenvalue weighted by atomic mass is 79.9. The molecule has 0 radical (unpaired) electrons. The molecule has 1 aliphatic rings. The van der Waals surface area contributed by atoms with Gasteiger partial charge in [0.2, 0.25) is 5.91 Å². The van der Waals surface area contributed by atoms with Gasteiger partial charge in [0.25, 0.3) is 0 Å². The number of nitrogens with zero attached hydrogens (tertiary/aromatic N) is 1. The highest BCUT2D eigenvalue weighted by Gasteiger charge is 2.22. The number of allylic oxidation sites excluding steroid dienone is 1. The molecule has 0 saturated heterocycles. The molecule has 0 fully saturated rings. The van der Waals surface area contributed by atoms with Gasteiger partial charge in [-0.05, 0) is 25.1 Å². The summed E-state index contributed by atoms with van der Waals surface area (Å²) in [5.41, 5.74) is 8.61. The van der Waals surface area contributed by atoms with Crippen LogP contribution in [0.2, 0.25) is 0 Å². The van der Waals surface area contributed by atoms with Crippen LogP contribution in [0, 0.1) is 0 Å². The number of hydrogen-bond donors (Lipinski definition) is 3. The standard InChI is InChI=1S/C11H13BrN4O/c1-6(13)11-8-4-7(12)2-3-9(8)15-10(17)5-16(11)14/h2-4H,5,13-14H2,1H3,(H,15,17)/b11-6-. The molecular formula is C11H13BrN4O. The average Bonchev–Trinajstić information content (AvgIpc) is 2.32. The maximum Gasteiger partial charge on any atom is 0.245 e. The maximum atomic E-state index is 11.6. The predicted molar refractivity (Wildman–Crippen MR) is 70.4 cm³/mol. The molecule has 0 aliphatic carbocycles. The van der Waals surface area contributed by atoms with Crippen molar-refractivity contribution in [3.63, 3.8) is 0 Å². The van der Waals surface area contributed by atoms with Crippen molar-refractivity contribution < 1.29 is 4.79 Å². The molecule has 5 N–H and O–H groups in total. The number of nitrogens with two attached hydrogens (primary N) is 2. The van der Waals surface area contributed by atoms with Crippen molar-refractivity contribution in [1.29, 1.82) is 0 Å². The smallest absolute Gasteiger partial charge is 0.245 e. The molecule has 0 saturated carbocycles. The van der Waals surface area contributed by atoms with Gasteiger partial charge in [0, 0.05) is 15.7 Å². The van der Waals surface area contributed by atoms with Crippen LogP contribution in [0.25, 0.3) is 5.70 Å². The van der Waals surface area contributed by atoms with E-state index in [-0.39, 0.29) is 12.5 Å². The van der Waals surface area contributed by atoms with E-state index in [1.54, 1.807) is 6.92 Å². The molecule has 1 heterocycles. The molecule has 2 rings (SSSR count). The van der Waals surface area contributed by atoms with Gasteiger partial charge in [-0.15, -0.1) is 0 Å². The summed E-state index contributed by atoms with van der Waals surface area (Å²) in [6, 6.07) is 5.56. The minimum Gasteiger partial charge on any atom is -0.401 e. The van der Waals surface area contributed by atoms with E-state index in [0.717, 1.165) is 10.0 Å². The molecule has 0 bridgehead atoms. The number of hydrazine groups is 1. The first-order valence-electron chi connectivity index (χ1n) is 5.07. The Kier molecular flexibility index (Phi) is 3.08. The van der Waals surface area contributed by atoms with Gasteiger partial charge in [0.1, 0.15) is 6.54 Å². The van der Waals surface area contributed by atoms with Crippen LogP contribution in [-0.4, -0.2) is 17.5 Å². The number of benzene rings is 1. The second-order valence-electron chi connectivity index (χ2n) is 3.90. The van der Waals surface area contributed by atoms with Gasteiger partial charge in [-0.3, -0.25) is 9.80 Å². The van der Waals surface area contributed by atoms with Crippen molar-refractivity contribution in [3.05, 3.63) is 33.9 Å². The number of fused-ring (bicyclic) bond motifs is 1. The number of nitrogens with one attached hydrogen (secondary N) is 1. The second kappa shape index (κ2) is 4.38. The molecule has 1 aliphatic heterocycles. The lowest BCUT2D eigenvalue weighted by atomic mass is 10.1. The zero-order valence-electron chi connectivity index (χ0n) is 9.33. The van der Waals surface area contributed by atoms with Crippen molar-refractivity contribution in [2.75, 3.05) is 11.9 Å². The summed E-state index contributed by atoms with van der Waals surface area (Å²) in [4.78, 5) is 11.6. The molecule has 1 aromatic carbocycles. The fourth-order valence-electron chi connectivity index (χ4n) is 1.84. The third kappa shape index (κ3) is 2.27. The highest BCUT2D eigenvalue weighted by molar-refractivity contribution is 9.10. The number of anilines is 1. The van der Waals surface area contributed by atoms with Crippen molar-refractivity contribution in [2.24, 2.45) is 11.6 Å². The van der Waals surface area contributed by atoms with Crippen molar-refractivity contribution in [2.45, 2.75) is 6.92 Å². The van der Waals surface area contributed by atoms with Crippen LogP contribution < -0.4 is 16.9 Å². The third-order valence-corrected chi connectivity index (χ3v) is 2.98. The number of amides is 1. The fraction of sp³-hybridized carbons (Fsp3) is 0.182. The molecule has 0 aromatic heterocycles. The quantitative estimate of drug-likeness (QED) is 0.629. The van der Waals surface area contributed by atoms with Crippen LogP contribution in [0.15, 0.2) is 28.4 Å². The molecule has 5 nitrogen and oxygen atoms in total. The van der Waals surface area contributed by atoms with Crippen molar-refractivity contribution in [1.82, 2.24) is 5.01 Å². The zero-order chi connectivity index (χ0) is 12.6. The van der Waals surface area contributed by atoms with Crippen LogP contribution >= 0.6 is 15.9 Å². The number of carbonyl (C=O) groups is 1. The fourth-order valence-corrected chi connectivity index (χ4v) is 2.20. The highest BCUT2D eigenvalue weighted by Crippen LogP contribution is 2.31. The first kappa shape index (κ1) is 11.9. The summed E-state index contributed by atoms with van der Waals surface area (Å²) in [6.07, 6.45) is 0. The Hall–Kier alpha value is -1.53. The predicted octanol–water partition coefficient (Wildman–Crippen LogP) is 1.22. The Labute approximate surface area is 108 Å². The Balaban J connectivity index is 2.67. The lowest BCUT2D eigenvalue weighted by molar-refractivity contribution is -0.116. The molecule has 0 unspecified atom stereocenters. The molecule has 90 valence electrons. The first-order chi connectivity index (χ1) is 7.99. The minimum absolute atomic E-state index is 0.0795. The van der Waals surface area contributed by atoms with E-state index in [4.69, 9.17) is 11.6 Å². The third-order valence-electron chi connectivity index (χ3n) is 2.49. The largest absolute Gasteiger partial charge is 0.401 e. The van der Waals surface area contributed by atoms with E-state index in [1.165, 1.54) is 5.01 Å². The normalized spacial score (nSPS) is 18.3. The summed E-state index contributed by atoms with van der Waals surface area (Å²) in [6.45, 7) is 1.84. The number of carbonyl (C=O) groups excluding carboxylic acids is 1. The molecule has 17 heavy (non-hydrogen) atoms. The van der Waals surface area contributed by atoms with Gasteiger partial charge in [0.05, 0.1) is 11.4 Å². The SMILES string of the molecule is C/C(N)=C1\c2cc(Br)ccc2NC(=O)CN1N. The maximum absolute atomic E-state index is 11.6. The Bertz CT molecular complexity index is 508. The van der Waals surface area contributed by atoms with Crippen molar-refractivity contribution >= 4 is 33.2 Å². The summed E-state index contributed by atoms with van der Waals surface area (Å²) in [5, 5.41) is 4.16. The van der Waals surface area contributed by atoms with E-state index < -0.39 is 0 Å². The van der Waals surface area contributed by atoms with Crippen molar-refractivity contribution in [3.8, 4) is 0 Å². The van der Waals surface area contributed by atoms with E-state index in [9.17, 15) is 4.79 Å². The summed E-state index contributed by atoms with van der Waals surface area (Å²) < 4.78 is 0.902. The molecule has 0 atom stereocenters. The topological polar surface area (TPSA) is 84.4 Å². The summed E-state index contributed by atoms with van der Waals surface area (Å²) in [5.74, 6) is 5.69. The molecule has 1 aromatic rings. The molecular weight excluding hydrogens is 284 g/mol. The van der Waals surface area contributed by atoms with E-state index in [2.05, 4.69) is 21.2 Å². The van der Waals surface area contributed by atoms with Crippen LogP contribution in [0.3, 0.4) is 0 Å². The van der Waals surface area contributed by atoms with Crippen LogP contribution in [0.1, 0.15) is 12.5 Å². The minimum atomic E-state index is -0.160. The first-order valence-corrected chi connectivity index (χ1v) is 5.86. The monoisotopic (exact) mass is 296 g/mol. The van der Waals surface area contributed by atoms with Gasteiger partial charge in [0.15, 0.2) is 0 Å². The Morgan fingerprint density at radius 1 is 1.53 bits per heavy atom. The number of rotatable bonds is 0. The van der Waals surface area contributed by atoms with Gasteiger partial charge >= 0.3 is 0 Å². The van der Waals surface area contributed by atoms with Gasteiger partial charge in [-0.1, -0.05) is 15.9 Å². The second-order valence-corrected chi connectivity index (χ2v) is 4.81. The van der Waals surface area contributed by atoms with Crippen LogP contribution in [0.4, 0.5) is 5.69 Å². The van der Waals surface area contributed by atoms with Gasteiger partial charge in [-0.25, -0.2) is 5.84 Å². The van der Waals surface area contributed by atoms with Crippen LogP contribution in [0.5, 0.6) is 0 Å². The number of hydrogen-bond acceptors (Lipinski definition) is 4. The van der Waals surface area contributed by atoms with Gasteiger partial charge in [-0.2, -0.15) is 0 Å². The molecule has 1 amide bonds. The zero-order valence-corrected chi connectivity index (χ0v) is 10.9. The van der Waals surface area contributed by atoms with Crippen LogP contribution in [-0.2, 0) is 4.79 Å². The summed E-state index contributed by atoms with van der Waals surface area (Å²) in [7, 11) is 0. The number of halogens is 1. The van der Waals surface area contributed by atoms with Gasteiger partial charge < -0.3 is 11.1 Å². The summed E-state index contributed by atoms with van der Waals surface area (Å²) >= 11 is 3.39. The van der Waals surface area contributed by atoms with E-state index in [1.807, 2.05) is 18.2 Å². The lowest BCUT2D eigenvalue weighted by Gasteiger charge is -2.20. The Morgan fingerprint density at radius 3 is 2.88 bits per heavy atom. The lowest BCUT2D eigenvalue weighted by Crippen LogP contribution is -2.35. The Morgan fingerprint density at radius 2 is 2.24 bits per heavy atom. The van der Waals surface area contributed by atoms with E-state index >= 15 is 0 Å². The molecule has 0 spiro atoms. The van der Waals surface area contributed by atoms with E-state index in [0.29, 0.717) is 17.1 Å². The average molecular weight is 297 g/mol. The molecule has 6 heteroatoms.